The van der Waals surface area contributed by atoms with Gasteiger partial charge in [-0.3, -0.25) is 0 Å². The SMILES string of the molecule is CNC1CCCCc2c1cnn2-c1cc(C)cc(C)c1. The summed E-state index contributed by atoms with van der Waals surface area (Å²) in [5.74, 6) is 0. The Bertz CT molecular complexity index is 592. The van der Waals surface area contributed by atoms with Gasteiger partial charge >= 0.3 is 0 Å². The molecule has 1 unspecified atom stereocenters. The van der Waals surface area contributed by atoms with Gasteiger partial charge in [0.1, 0.15) is 0 Å². The van der Waals surface area contributed by atoms with Crippen molar-refractivity contribution in [3.05, 3.63) is 46.8 Å². The summed E-state index contributed by atoms with van der Waals surface area (Å²) >= 11 is 0. The Morgan fingerprint density at radius 1 is 1.15 bits per heavy atom. The summed E-state index contributed by atoms with van der Waals surface area (Å²) in [6.07, 6.45) is 6.93. The third-order valence-electron chi connectivity index (χ3n) is 4.23. The molecule has 20 heavy (non-hydrogen) atoms. The van der Waals surface area contributed by atoms with Gasteiger partial charge in [0.2, 0.25) is 0 Å². The number of aryl methyl sites for hydroxylation is 2. The molecule has 0 aliphatic heterocycles. The summed E-state index contributed by atoms with van der Waals surface area (Å²) in [6, 6.07) is 7.11. The Labute approximate surface area is 121 Å². The van der Waals surface area contributed by atoms with E-state index in [4.69, 9.17) is 0 Å². The standard InChI is InChI=1S/C17H23N3/c1-12-8-13(2)10-14(9-12)20-17-7-5-4-6-16(18-3)15(17)11-19-20/h8-11,16,18H,4-7H2,1-3H3. The van der Waals surface area contributed by atoms with Gasteiger partial charge < -0.3 is 5.32 Å². The van der Waals surface area contributed by atoms with Crippen LogP contribution < -0.4 is 5.32 Å². The van der Waals surface area contributed by atoms with Gasteiger partial charge in [0.15, 0.2) is 0 Å². The van der Waals surface area contributed by atoms with Crippen molar-refractivity contribution in [1.82, 2.24) is 15.1 Å². The zero-order valence-electron chi connectivity index (χ0n) is 12.6. The Morgan fingerprint density at radius 3 is 2.60 bits per heavy atom. The summed E-state index contributed by atoms with van der Waals surface area (Å²) < 4.78 is 2.14. The quantitative estimate of drug-likeness (QED) is 0.846. The number of rotatable bonds is 2. The van der Waals surface area contributed by atoms with Crippen molar-refractivity contribution in [1.29, 1.82) is 0 Å². The molecule has 0 bridgehead atoms. The van der Waals surface area contributed by atoms with Gasteiger partial charge in [0, 0.05) is 17.3 Å². The zero-order chi connectivity index (χ0) is 14.1. The Hall–Kier alpha value is -1.61. The number of fused-ring (bicyclic) bond motifs is 1. The highest BCUT2D eigenvalue weighted by Crippen LogP contribution is 2.30. The molecule has 3 heteroatoms. The molecule has 0 saturated heterocycles. The minimum atomic E-state index is 0.451. The van der Waals surface area contributed by atoms with Crippen LogP contribution >= 0.6 is 0 Å². The van der Waals surface area contributed by atoms with Crippen LogP contribution in [-0.2, 0) is 6.42 Å². The molecule has 1 aliphatic carbocycles. The van der Waals surface area contributed by atoms with E-state index in [-0.39, 0.29) is 0 Å². The molecule has 106 valence electrons. The van der Waals surface area contributed by atoms with E-state index in [0.717, 1.165) is 6.42 Å². The fourth-order valence-corrected chi connectivity index (χ4v) is 3.32. The van der Waals surface area contributed by atoms with E-state index in [1.807, 2.05) is 7.05 Å². The lowest BCUT2D eigenvalue weighted by atomic mass is 10.1. The van der Waals surface area contributed by atoms with Crippen molar-refractivity contribution < 1.29 is 0 Å². The first-order valence-corrected chi connectivity index (χ1v) is 7.52. The number of hydrogen-bond acceptors (Lipinski definition) is 2. The monoisotopic (exact) mass is 269 g/mol. The molecule has 0 spiro atoms. The van der Waals surface area contributed by atoms with Crippen LogP contribution in [-0.4, -0.2) is 16.8 Å². The highest BCUT2D eigenvalue weighted by atomic mass is 15.3. The van der Waals surface area contributed by atoms with E-state index in [0.29, 0.717) is 6.04 Å². The van der Waals surface area contributed by atoms with E-state index in [2.05, 4.69) is 53.3 Å². The van der Waals surface area contributed by atoms with Gasteiger partial charge in [-0.05, 0) is 63.4 Å². The first-order valence-electron chi connectivity index (χ1n) is 7.52. The molecule has 0 radical (unpaired) electrons. The first-order chi connectivity index (χ1) is 9.69. The smallest absolute Gasteiger partial charge is 0.0654 e. The van der Waals surface area contributed by atoms with Crippen LogP contribution in [0, 0.1) is 13.8 Å². The maximum Gasteiger partial charge on any atom is 0.0654 e. The highest BCUT2D eigenvalue weighted by Gasteiger charge is 2.22. The maximum atomic E-state index is 4.67. The molecule has 1 aromatic carbocycles. The van der Waals surface area contributed by atoms with Crippen molar-refractivity contribution in [2.75, 3.05) is 7.05 Å². The number of nitrogens with zero attached hydrogens (tertiary/aromatic N) is 2. The molecule has 3 nitrogen and oxygen atoms in total. The van der Waals surface area contributed by atoms with Crippen LogP contribution in [0.4, 0.5) is 0 Å². The van der Waals surface area contributed by atoms with Crippen LogP contribution in [0.25, 0.3) is 5.69 Å². The molecule has 1 heterocycles. The highest BCUT2D eigenvalue weighted by molar-refractivity contribution is 5.42. The second-order valence-corrected chi connectivity index (χ2v) is 5.89. The summed E-state index contributed by atoms with van der Waals surface area (Å²) in [5.41, 5.74) is 6.54. The van der Waals surface area contributed by atoms with Gasteiger partial charge in [0.05, 0.1) is 11.9 Å². The maximum absolute atomic E-state index is 4.67. The van der Waals surface area contributed by atoms with Gasteiger partial charge in [0.25, 0.3) is 0 Å². The van der Waals surface area contributed by atoms with Gasteiger partial charge in [-0.2, -0.15) is 5.10 Å². The predicted molar refractivity (Wildman–Crippen MR) is 82.4 cm³/mol. The normalized spacial score (nSPS) is 18.6. The third-order valence-corrected chi connectivity index (χ3v) is 4.23. The third kappa shape index (κ3) is 2.38. The van der Waals surface area contributed by atoms with Gasteiger partial charge in [-0.25, -0.2) is 4.68 Å². The number of aromatic nitrogens is 2. The Kier molecular flexibility index (Phi) is 3.62. The topological polar surface area (TPSA) is 29.9 Å². The second-order valence-electron chi connectivity index (χ2n) is 5.89. The predicted octanol–water partition coefficient (Wildman–Crippen LogP) is 3.48. The molecule has 1 aliphatic rings. The minimum absolute atomic E-state index is 0.451. The van der Waals surface area contributed by atoms with E-state index < -0.39 is 0 Å². The first kappa shape index (κ1) is 13.4. The van der Waals surface area contributed by atoms with Crippen molar-refractivity contribution in [3.8, 4) is 5.69 Å². The van der Waals surface area contributed by atoms with Crippen molar-refractivity contribution in [3.63, 3.8) is 0 Å². The fraction of sp³-hybridized carbons (Fsp3) is 0.471. The van der Waals surface area contributed by atoms with Crippen molar-refractivity contribution in [2.24, 2.45) is 0 Å². The molecule has 2 aromatic rings. The Balaban J connectivity index is 2.09. The number of hydrogen-bond donors (Lipinski definition) is 1. The molecule has 0 saturated carbocycles. The van der Waals surface area contributed by atoms with Crippen LogP contribution in [0.1, 0.15) is 47.7 Å². The second kappa shape index (κ2) is 5.41. The molecule has 0 amide bonds. The van der Waals surface area contributed by atoms with E-state index >= 15 is 0 Å². The van der Waals surface area contributed by atoms with Crippen molar-refractivity contribution in [2.45, 2.75) is 45.6 Å². The van der Waals surface area contributed by atoms with Crippen molar-refractivity contribution >= 4 is 0 Å². The summed E-state index contributed by atoms with van der Waals surface area (Å²) in [4.78, 5) is 0. The largest absolute Gasteiger partial charge is 0.313 e. The van der Waals surface area contributed by atoms with Gasteiger partial charge in [-0.1, -0.05) is 12.5 Å². The Morgan fingerprint density at radius 2 is 1.90 bits per heavy atom. The molecular weight excluding hydrogens is 246 g/mol. The molecular formula is C17H23N3. The molecule has 1 atom stereocenters. The molecule has 0 fully saturated rings. The van der Waals surface area contributed by atoms with E-state index in [1.54, 1.807) is 0 Å². The molecule has 3 rings (SSSR count). The average molecular weight is 269 g/mol. The lowest BCUT2D eigenvalue weighted by molar-refractivity contribution is 0.533. The molecule has 1 N–H and O–H groups in total. The zero-order valence-corrected chi connectivity index (χ0v) is 12.6. The lowest BCUT2D eigenvalue weighted by Crippen LogP contribution is -2.16. The average Bonchev–Trinajstić information content (AvgIpc) is 2.71. The fourth-order valence-electron chi connectivity index (χ4n) is 3.32. The van der Waals surface area contributed by atoms with Crippen LogP contribution in [0.15, 0.2) is 24.4 Å². The van der Waals surface area contributed by atoms with Crippen LogP contribution in [0.3, 0.4) is 0 Å². The summed E-state index contributed by atoms with van der Waals surface area (Å²) in [6.45, 7) is 4.30. The number of benzene rings is 1. The lowest BCUT2D eigenvalue weighted by Gasteiger charge is -2.14. The summed E-state index contributed by atoms with van der Waals surface area (Å²) in [5, 5.41) is 8.10. The van der Waals surface area contributed by atoms with E-state index in [1.165, 1.54) is 47.3 Å². The van der Waals surface area contributed by atoms with E-state index in [9.17, 15) is 0 Å². The summed E-state index contributed by atoms with van der Waals surface area (Å²) in [7, 11) is 2.05. The number of nitrogens with one attached hydrogen (secondary N) is 1. The van der Waals surface area contributed by atoms with Gasteiger partial charge in [-0.15, -0.1) is 0 Å². The molecule has 1 aromatic heterocycles. The minimum Gasteiger partial charge on any atom is -0.313 e. The van der Waals surface area contributed by atoms with Crippen LogP contribution in [0.5, 0.6) is 0 Å². The van der Waals surface area contributed by atoms with Crippen LogP contribution in [0.2, 0.25) is 0 Å².